The molecule has 6 fully saturated rings. The van der Waals surface area contributed by atoms with E-state index in [0.717, 1.165) is 30.5 Å². The molecule has 8 nitrogen and oxygen atoms in total. The SMILES string of the molecule is CC1=CC(=O)C2C(C1)C13C=C4N5CC6CC(C)CC5(O6)C(O)CC4(C)C4(COC(=O)C4)C1C(O)(OC3)C2C. The zero-order valence-corrected chi connectivity index (χ0v) is 22.7. The van der Waals surface area contributed by atoms with Crippen LogP contribution in [-0.2, 0) is 23.8 Å². The second-order valence-corrected chi connectivity index (χ2v) is 14.4. The van der Waals surface area contributed by atoms with Gasteiger partial charge in [-0.3, -0.25) is 9.59 Å². The first-order valence-corrected chi connectivity index (χ1v) is 14.5. The molecule has 8 rings (SSSR count). The van der Waals surface area contributed by atoms with Gasteiger partial charge in [-0.05, 0) is 44.1 Å². The number of allylic oxidation sites excluding steroid dienone is 3. The maximum Gasteiger partial charge on any atom is 0.306 e. The molecule has 0 amide bonds. The molecule has 8 heteroatoms. The second-order valence-electron chi connectivity index (χ2n) is 14.4. The molecule has 8 aliphatic rings. The summed E-state index contributed by atoms with van der Waals surface area (Å²) < 4.78 is 18.9. The Morgan fingerprint density at radius 3 is 2.68 bits per heavy atom. The summed E-state index contributed by atoms with van der Waals surface area (Å²) in [5.74, 6) is -2.59. The number of aliphatic hydroxyl groups is 2. The molecule has 0 radical (unpaired) electrons. The van der Waals surface area contributed by atoms with Gasteiger partial charge in [-0.2, -0.15) is 0 Å². The maximum absolute atomic E-state index is 13.5. The molecule has 5 aliphatic heterocycles. The summed E-state index contributed by atoms with van der Waals surface area (Å²) in [6, 6.07) is 0. The third-order valence-electron chi connectivity index (χ3n) is 12.6. The fourth-order valence-corrected chi connectivity index (χ4v) is 11.2. The van der Waals surface area contributed by atoms with Crippen molar-refractivity contribution in [3.05, 3.63) is 23.4 Å². The molecule has 0 aromatic rings. The molecule has 2 spiro atoms. The number of ether oxygens (including phenoxy) is 3. The van der Waals surface area contributed by atoms with Crippen LogP contribution in [0, 0.1) is 45.8 Å². The molecule has 3 aliphatic carbocycles. The van der Waals surface area contributed by atoms with Crippen molar-refractivity contribution in [1.82, 2.24) is 4.90 Å². The summed E-state index contributed by atoms with van der Waals surface area (Å²) in [5, 5.41) is 24.3. The van der Waals surface area contributed by atoms with E-state index in [2.05, 4.69) is 24.8 Å². The fourth-order valence-electron chi connectivity index (χ4n) is 11.2. The summed E-state index contributed by atoms with van der Waals surface area (Å²) in [7, 11) is 0. The van der Waals surface area contributed by atoms with Crippen LogP contribution in [0.3, 0.4) is 0 Å². The van der Waals surface area contributed by atoms with E-state index in [1.807, 2.05) is 13.8 Å². The number of ketones is 1. The van der Waals surface area contributed by atoms with Gasteiger partial charge in [0.15, 0.2) is 17.3 Å². The van der Waals surface area contributed by atoms with E-state index in [1.165, 1.54) is 0 Å². The third-order valence-corrected chi connectivity index (χ3v) is 12.6. The van der Waals surface area contributed by atoms with Crippen molar-refractivity contribution in [2.75, 3.05) is 19.8 Å². The Morgan fingerprint density at radius 2 is 1.95 bits per heavy atom. The van der Waals surface area contributed by atoms with E-state index in [9.17, 15) is 19.8 Å². The first-order valence-electron chi connectivity index (χ1n) is 14.5. The number of nitrogens with zero attached hydrogens (tertiary/aromatic N) is 1. The summed E-state index contributed by atoms with van der Waals surface area (Å²) in [6.45, 7) is 9.53. The average Bonchev–Trinajstić information content (AvgIpc) is 3.45. The number of esters is 1. The van der Waals surface area contributed by atoms with Gasteiger partial charge in [0.25, 0.3) is 0 Å². The zero-order valence-electron chi connectivity index (χ0n) is 22.7. The first kappa shape index (κ1) is 24.1. The molecule has 0 aromatic carbocycles. The standard InChI is InChI=1S/C30H39NO7/c1-15-6-19-24(20(32)7-15)17(3)30(35)25-27(19,13-37-30)9-21-26(4,28(25)11-23(34)36-14-28)10-22(33)29-8-16(2)5-18(38-29)12-31(21)29/h7,9,16-19,22,24-25,33,35H,5-6,8,10-14H2,1-4H3. The molecule has 12 unspecified atom stereocenters. The minimum Gasteiger partial charge on any atom is -0.465 e. The average molecular weight is 526 g/mol. The molecular weight excluding hydrogens is 486 g/mol. The van der Waals surface area contributed by atoms with Gasteiger partial charge >= 0.3 is 5.97 Å². The van der Waals surface area contributed by atoms with Crippen LogP contribution < -0.4 is 0 Å². The fraction of sp³-hybridized carbons (Fsp3) is 0.800. The van der Waals surface area contributed by atoms with Gasteiger partial charge in [0, 0.05) is 52.7 Å². The lowest BCUT2D eigenvalue weighted by Crippen LogP contribution is -2.73. The lowest BCUT2D eigenvalue weighted by Gasteiger charge is -2.69. The van der Waals surface area contributed by atoms with Crippen LogP contribution in [0.1, 0.15) is 59.8 Å². The van der Waals surface area contributed by atoms with E-state index < -0.39 is 45.7 Å². The monoisotopic (exact) mass is 525 g/mol. The Kier molecular flexibility index (Phi) is 4.40. The first-order chi connectivity index (χ1) is 17.9. The molecule has 206 valence electrons. The van der Waals surface area contributed by atoms with Gasteiger partial charge in [-0.15, -0.1) is 0 Å². The number of hydrogen-bond acceptors (Lipinski definition) is 8. The van der Waals surface area contributed by atoms with Gasteiger partial charge in [-0.1, -0.05) is 32.4 Å². The largest absolute Gasteiger partial charge is 0.465 e. The predicted octanol–water partition coefficient (Wildman–Crippen LogP) is 2.54. The topological polar surface area (TPSA) is 106 Å². The number of aliphatic hydroxyl groups excluding tert-OH is 1. The van der Waals surface area contributed by atoms with E-state index in [1.54, 1.807) is 6.08 Å². The maximum atomic E-state index is 13.5. The van der Waals surface area contributed by atoms with E-state index in [-0.39, 0.29) is 42.7 Å². The Hall–Kier alpha value is -1.74. The Morgan fingerprint density at radius 1 is 1.16 bits per heavy atom. The second kappa shape index (κ2) is 6.93. The molecule has 38 heavy (non-hydrogen) atoms. The number of carbonyl (C=O) groups is 2. The summed E-state index contributed by atoms with van der Waals surface area (Å²) in [4.78, 5) is 28.8. The van der Waals surface area contributed by atoms with Crippen LogP contribution in [0.4, 0.5) is 0 Å². The predicted molar refractivity (Wildman–Crippen MR) is 134 cm³/mol. The van der Waals surface area contributed by atoms with Gasteiger partial charge in [0.1, 0.15) is 6.10 Å². The van der Waals surface area contributed by atoms with Crippen molar-refractivity contribution in [2.45, 2.75) is 83.5 Å². The number of piperidine rings is 1. The van der Waals surface area contributed by atoms with Crippen molar-refractivity contribution in [1.29, 1.82) is 0 Å². The van der Waals surface area contributed by atoms with Crippen LogP contribution in [0.5, 0.6) is 0 Å². The minimum atomic E-state index is -1.57. The lowest BCUT2D eigenvalue weighted by atomic mass is 9.37. The molecule has 1 saturated carbocycles. The highest BCUT2D eigenvalue weighted by molar-refractivity contribution is 5.94. The number of cyclic esters (lactones) is 1. The number of rotatable bonds is 0. The van der Waals surface area contributed by atoms with Crippen LogP contribution in [0.2, 0.25) is 0 Å². The number of carbonyl (C=O) groups excluding carboxylic acids is 2. The molecule has 5 heterocycles. The van der Waals surface area contributed by atoms with Gasteiger partial charge in [0.05, 0.1) is 25.7 Å². The van der Waals surface area contributed by atoms with Crippen molar-refractivity contribution in [2.24, 2.45) is 45.8 Å². The number of hydrogen-bond donors (Lipinski definition) is 2. The highest BCUT2D eigenvalue weighted by Crippen LogP contribution is 2.78. The zero-order chi connectivity index (χ0) is 26.6. The highest BCUT2D eigenvalue weighted by atomic mass is 16.6. The van der Waals surface area contributed by atoms with Crippen molar-refractivity contribution in [3.8, 4) is 0 Å². The Balaban J connectivity index is 1.41. The third kappa shape index (κ3) is 2.42. The molecule has 0 aromatic heterocycles. The van der Waals surface area contributed by atoms with Crippen molar-refractivity contribution >= 4 is 11.8 Å². The molecular formula is C30H39NO7. The molecule has 2 N–H and O–H groups in total. The van der Waals surface area contributed by atoms with E-state index in [0.29, 0.717) is 25.5 Å². The Labute approximate surface area is 223 Å². The highest BCUT2D eigenvalue weighted by Gasteiger charge is 2.82. The van der Waals surface area contributed by atoms with Crippen molar-refractivity contribution in [3.63, 3.8) is 0 Å². The van der Waals surface area contributed by atoms with Gasteiger partial charge in [-0.25, -0.2) is 0 Å². The number of fused-ring (bicyclic) bond motifs is 5. The van der Waals surface area contributed by atoms with Crippen LogP contribution >= 0.6 is 0 Å². The summed E-state index contributed by atoms with van der Waals surface area (Å²) in [5.41, 5.74) is -0.683. The quantitative estimate of drug-likeness (QED) is 0.465. The normalized spacial score (nSPS) is 58.1. The Bertz CT molecular complexity index is 1230. The van der Waals surface area contributed by atoms with E-state index in [4.69, 9.17) is 14.2 Å². The summed E-state index contributed by atoms with van der Waals surface area (Å²) >= 11 is 0. The van der Waals surface area contributed by atoms with Gasteiger partial charge in [0.2, 0.25) is 0 Å². The van der Waals surface area contributed by atoms with Crippen LogP contribution in [-0.4, -0.2) is 70.3 Å². The minimum absolute atomic E-state index is 0.0432. The lowest BCUT2D eigenvalue weighted by molar-refractivity contribution is -0.300. The molecule has 12 atom stereocenters. The van der Waals surface area contributed by atoms with Crippen LogP contribution in [0.15, 0.2) is 23.4 Å². The van der Waals surface area contributed by atoms with Crippen molar-refractivity contribution < 1.29 is 34.0 Å². The summed E-state index contributed by atoms with van der Waals surface area (Å²) in [6.07, 6.45) is 6.45. The molecule has 4 bridgehead atoms. The van der Waals surface area contributed by atoms with E-state index >= 15 is 0 Å². The molecule has 5 saturated heterocycles. The van der Waals surface area contributed by atoms with Gasteiger partial charge < -0.3 is 29.3 Å². The van der Waals surface area contributed by atoms with Crippen LogP contribution in [0.25, 0.3) is 0 Å². The smallest absolute Gasteiger partial charge is 0.306 e.